The lowest BCUT2D eigenvalue weighted by Gasteiger charge is -2.08. The van der Waals surface area contributed by atoms with Gasteiger partial charge in [-0.05, 0) is 83.6 Å². The number of benzene rings is 4. The van der Waals surface area contributed by atoms with Crippen LogP contribution in [0.5, 0.6) is 11.5 Å². The molecule has 4 aromatic rings. The minimum atomic E-state index is -1.09. The Bertz CT molecular complexity index is 1420. The van der Waals surface area contributed by atoms with Gasteiger partial charge in [-0.15, -0.1) is 0 Å². The highest BCUT2D eigenvalue weighted by Gasteiger charge is 2.13. The van der Waals surface area contributed by atoms with Crippen LogP contribution >= 0.6 is 0 Å². The van der Waals surface area contributed by atoms with Gasteiger partial charge in [0.2, 0.25) is 0 Å². The van der Waals surface area contributed by atoms with Crippen molar-refractivity contribution >= 4 is 34.6 Å². The van der Waals surface area contributed by atoms with E-state index >= 15 is 0 Å². The van der Waals surface area contributed by atoms with E-state index in [2.05, 4.69) is 0 Å². The predicted molar refractivity (Wildman–Crippen MR) is 121 cm³/mol. The minimum absolute atomic E-state index is 0.0638. The average Bonchev–Trinajstić information content (AvgIpc) is 2.84. The predicted octanol–water partition coefficient (Wildman–Crippen LogP) is 4.67. The monoisotopic (exact) mass is 456 g/mol. The smallest absolute Gasteiger partial charge is 0.343 e. The molecule has 0 aliphatic carbocycles. The second-order valence-corrected chi connectivity index (χ2v) is 7.21. The fourth-order valence-electron chi connectivity index (χ4n) is 3.16. The molecule has 168 valence electrons. The third kappa shape index (κ3) is 4.91. The van der Waals surface area contributed by atoms with Crippen LogP contribution in [0, 0.1) is 0 Å². The maximum Gasteiger partial charge on any atom is 0.343 e. The molecule has 0 bridgehead atoms. The summed E-state index contributed by atoms with van der Waals surface area (Å²) < 4.78 is 10.7. The van der Waals surface area contributed by atoms with Crippen molar-refractivity contribution in [2.24, 2.45) is 0 Å². The molecule has 0 heterocycles. The maximum atomic E-state index is 12.5. The summed E-state index contributed by atoms with van der Waals surface area (Å²) in [4.78, 5) is 46.7. The zero-order valence-electron chi connectivity index (χ0n) is 17.4. The van der Waals surface area contributed by atoms with Gasteiger partial charge in [-0.25, -0.2) is 19.2 Å². The quantitative estimate of drug-likeness (QED) is 0.316. The molecule has 0 unspecified atom stereocenters. The molecule has 0 atom stereocenters. The Kier molecular flexibility index (Phi) is 6.05. The van der Waals surface area contributed by atoms with Crippen molar-refractivity contribution in [3.8, 4) is 11.5 Å². The number of aromatic carboxylic acids is 2. The highest BCUT2D eigenvalue weighted by Crippen LogP contribution is 2.24. The molecular formula is C26H16O8. The molecule has 0 fully saturated rings. The van der Waals surface area contributed by atoms with Gasteiger partial charge in [0.1, 0.15) is 11.5 Å². The molecule has 34 heavy (non-hydrogen) atoms. The molecular weight excluding hydrogens is 440 g/mol. The summed E-state index contributed by atoms with van der Waals surface area (Å²) in [6, 6.07) is 20.6. The molecule has 0 amide bonds. The zero-order valence-corrected chi connectivity index (χ0v) is 17.4. The third-order valence-corrected chi connectivity index (χ3v) is 4.94. The molecule has 0 radical (unpaired) electrons. The van der Waals surface area contributed by atoms with Crippen molar-refractivity contribution in [1.82, 2.24) is 0 Å². The Morgan fingerprint density at radius 1 is 0.471 bits per heavy atom. The summed E-state index contributed by atoms with van der Waals surface area (Å²) in [5.41, 5.74) is 0.644. The van der Waals surface area contributed by atoms with Crippen LogP contribution in [0.25, 0.3) is 10.8 Å². The molecule has 0 saturated heterocycles. The SMILES string of the molecule is O=C(O)c1ccc(OC(=O)c2ccc3cc(OC(=O)c4ccc(C(=O)O)cc4)ccc3c2)cc1. The Labute approximate surface area is 192 Å². The fourth-order valence-corrected chi connectivity index (χ4v) is 3.16. The van der Waals surface area contributed by atoms with Gasteiger partial charge in [-0.2, -0.15) is 0 Å². The Balaban J connectivity index is 1.46. The summed E-state index contributed by atoms with van der Waals surface area (Å²) >= 11 is 0. The lowest BCUT2D eigenvalue weighted by molar-refractivity contribution is 0.0685. The summed E-state index contributed by atoms with van der Waals surface area (Å²) in [5, 5.41) is 19.3. The van der Waals surface area contributed by atoms with Crippen LogP contribution in [-0.4, -0.2) is 34.1 Å². The molecule has 8 heteroatoms. The van der Waals surface area contributed by atoms with E-state index in [1.54, 1.807) is 36.4 Å². The van der Waals surface area contributed by atoms with E-state index in [0.29, 0.717) is 10.8 Å². The van der Waals surface area contributed by atoms with E-state index < -0.39 is 23.9 Å². The number of fused-ring (bicyclic) bond motifs is 1. The van der Waals surface area contributed by atoms with E-state index in [1.807, 2.05) is 0 Å². The molecule has 8 nitrogen and oxygen atoms in total. The van der Waals surface area contributed by atoms with Crippen LogP contribution < -0.4 is 9.47 Å². The van der Waals surface area contributed by atoms with Crippen molar-refractivity contribution in [3.05, 3.63) is 107 Å². The number of carbonyl (C=O) groups excluding carboxylic acids is 2. The molecule has 2 N–H and O–H groups in total. The van der Waals surface area contributed by atoms with Crippen molar-refractivity contribution in [2.75, 3.05) is 0 Å². The Morgan fingerprint density at radius 3 is 1.50 bits per heavy atom. The number of esters is 2. The van der Waals surface area contributed by atoms with Gasteiger partial charge in [-0.3, -0.25) is 0 Å². The number of ether oxygens (including phenoxy) is 2. The number of carbonyl (C=O) groups is 4. The van der Waals surface area contributed by atoms with Crippen LogP contribution in [0.4, 0.5) is 0 Å². The van der Waals surface area contributed by atoms with Crippen LogP contribution in [-0.2, 0) is 0 Å². The van der Waals surface area contributed by atoms with Crippen LogP contribution in [0.3, 0.4) is 0 Å². The summed E-state index contributed by atoms with van der Waals surface area (Å²) in [6.45, 7) is 0. The van der Waals surface area contributed by atoms with Gasteiger partial charge in [0, 0.05) is 0 Å². The number of hydrogen-bond acceptors (Lipinski definition) is 6. The van der Waals surface area contributed by atoms with Gasteiger partial charge in [0.05, 0.1) is 22.3 Å². The molecule has 0 aromatic heterocycles. The first kappa shape index (κ1) is 22.2. The van der Waals surface area contributed by atoms with E-state index in [0.717, 1.165) is 0 Å². The van der Waals surface area contributed by atoms with E-state index in [4.69, 9.17) is 19.7 Å². The van der Waals surface area contributed by atoms with Gasteiger partial charge < -0.3 is 19.7 Å². The second kappa shape index (κ2) is 9.25. The van der Waals surface area contributed by atoms with E-state index in [-0.39, 0.29) is 33.8 Å². The van der Waals surface area contributed by atoms with Crippen molar-refractivity contribution < 1.29 is 38.9 Å². The average molecular weight is 456 g/mol. The van der Waals surface area contributed by atoms with Crippen LogP contribution in [0.15, 0.2) is 84.9 Å². The highest BCUT2D eigenvalue weighted by molar-refractivity contribution is 5.98. The normalized spacial score (nSPS) is 10.5. The number of rotatable bonds is 6. The van der Waals surface area contributed by atoms with Gasteiger partial charge in [0.25, 0.3) is 0 Å². The lowest BCUT2D eigenvalue weighted by Crippen LogP contribution is -2.09. The van der Waals surface area contributed by atoms with Gasteiger partial charge >= 0.3 is 23.9 Å². The topological polar surface area (TPSA) is 127 Å². The third-order valence-electron chi connectivity index (χ3n) is 4.94. The van der Waals surface area contributed by atoms with Crippen molar-refractivity contribution in [2.45, 2.75) is 0 Å². The van der Waals surface area contributed by atoms with Gasteiger partial charge in [-0.1, -0.05) is 12.1 Å². The number of carboxylic acid groups (broad SMARTS) is 2. The second-order valence-electron chi connectivity index (χ2n) is 7.21. The molecule has 0 spiro atoms. The standard InChI is InChI=1S/C26H16O8/c27-23(28)15-1-3-17(4-2-15)25(31)34-22-12-9-18-13-20(6-5-19(18)14-22)26(32)33-21-10-7-16(8-11-21)24(29)30/h1-14H,(H,27,28)(H,29,30). The molecule has 0 aliphatic heterocycles. The number of hydrogen-bond donors (Lipinski definition) is 2. The molecule has 4 rings (SSSR count). The Hall–Kier alpha value is -4.98. The van der Waals surface area contributed by atoms with Crippen molar-refractivity contribution in [3.63, 3.8) is 0 Å². The van der Waals surface area contributed by atoms with Crippen molar-refractivity contribution in [1.29, 1.82) is 0 Å². The van der Waals surface area contributed by atoms with E-state index in [9.17, 15) is 19.2 Å². The Morgan fingerprint density at radius 2 is 0.882 bits per heavy atom. The first-order chi connectivity index (χ1) is 16.3. The maximum absolute atomic E-state index is 12.5. The minimum Gasteiger partial charge on any atom is -0.478 e. The summed E-state index contributed by atoms with van der Waals surface area (Å²) in [5.74, 6) is -2.90. The first-order valence-corrected chi connectivity index (χ1v) is 9.95. The summed E-state index contributed by atoms with van der Waals surface area (Å²) in [6.07, 6.45) is 0. The first-order valence-electron chi connectivity index (χ1n) is 9.95. The van der Waals surface area contributed by atoms with Crippen LogP contribution in [0.1, 0.15) is 41.4 Å². The molecule has 4 aromatic carbocycles. The molecule has 0 saturated carbocycles. The lowest BCUT2D eigenvalue weighted by atomic mass is 10.1. The van der Waals surface area contributed by atoms with E-state index in [1.165, 1.54) is 48.5 Å². The zero-order chi connectivity index (χ0) is 24.2. The summed E-state index contributed by atoms with van der Waals surface area (Å²) in [7, 11) is 0. The largest absolute Gasteiger partial charge is 0.478 e. The highest BCUT2D eigenvalue weighted by atomic mass is 16.5. The fraction of sp³-hybridized carbons (Fsp3) is 0. The molecule has 0 aliphatic rings. The van der Waals surface area contributed by atoms with Gasteiger partial charge in [0.15, 0.2) is 0 Å². The number of carboxylic acids is 2. The van der Waals surface area contributed by atoms with Crippen LogP contribution in [0.2, 0.25) is 0 Å².